The molecule has 1 N–H and O–H groups in total. The van der Waals surface area contributed by atoms with E-state index in [4.69, 9.17) is 14.5 Å². The highest BCUT2D eigenvalue weighted by molar-refractivity contribution is 5.86. The van der Waals surface area contributed by atoms with Crippen molar-refractivity contribution >= 4 is 17.0 Å². The first kappa shape index (κ1) is 20.7. The van der Waals surface area contributed by atoms with Crippen molar-refractivity contribution in [3.05, 3.63) is 60.4 Å². The van der Waals surface area contributed by atoms with Gasteiger partial charge in [0.05, 0.1) is 14.2 Å². The highest BCUT2D eigenvalue weighted by Gasteiger charge is 2.19. The van der Waals surface area contributed by atoms with E-state index >= 15 is 0 Å². The molecular formula is C24H27N5O2. The van der Waals surface area contributed by atoms with E-state index < -0.39 is 0 Å². The number of hydrogen-bond donors (Lipinski definition) is 1. The molecule has 0 aliphatic carbocycles. The Kier molecular flexibility index (Phi) is 6.02. The summed E-state index contributed by atoms with van der Waals surface area (Å²) in [5.41, 5.74) is 3.83. The van der Waals surface area contributed by atoms with Crippen LogP contribution in [0.15, 0.2) is 54.9 Å². The summed E-state index contributed by atoms with van der Waals surface area (Å²) in [7, 11) is 3.34. The maximum Gasteiger partial charge on any atom is 0.166 e. The number of anilines is 1. The summed E-state index contributed by atoms with van der Waals surface area (Å²) in [6, 6.07) is 16.2. The summed E-state index contributed by atoms with van der Waals surface area (Å²) >= 11 is 0. The van der Waals surface area contributed by atoms with Crippen LogP contribution < -0.4 is 14.8 Å². The van der Waals surface area contributed by atoms with E-state index in [-0.39, 0.29) is 6.04 Å². The summed E-state index contributed by atoms with van der Waals surface area (Å²) in [5, 5.41) is 3.44. The van der Waals surface area contributed by atoms with Gasteiger partial charge in [-0.05, 0) is 62.2 Å². The first-order valence-corrected chi connectivity index (χ1v) is 10.3. The predicted octanol–water partition coefficient (Wildman–Crippen LogP) is 4.75. The number of aromatic nitrogens is 4. The van der Waals surface area contributed by atoms with Gasteiger partial charge in [-0.3, -0.25) is 0 Å². The number of fused-ring (bicyclic) bond motifs is 1. The van der Waals surface area contributed by atoms with Crippen LogP contribution in [0, 0.1) is 0 Å². The number of nitrogens with zero attached hydrogens (tertiary/aromatic N) is 4. The van der Waals surface area contributed by atoms with Crippen LogP contribution in [0.2, 0.25) is 0 Å². The van der Waals surface area contributed by atoms with Crippen molar-refractivity contribution in [2.75, 3.05) is 26.1 Å². The molecule has 0 saturated carbocycles. The quantitative estimate of drug-likeness (QED) is 0.446. The summed E-state index contributed by atoms with van der Waals surface area (Å²) in [5.74, 6) is 3.29. The van der Waals surface area contributed by atoms with E-state index in [0.29, 0.717) is 0 Å². The van der Waals surface area contributed by atoms with Crippen LogP contribution in [0.3, 0.4) is 0 Å². The number of imidazole rings is 1. The Morgan fingerprint density at radius 2 is 1.55 bits per heavy atom. The fraction of sp³-hybridized carbons (Fsp3) is 0.292. The van der Waals surface area contributed by atoms with Crippen LogP contribution in [-0.4, -0.2) is 40.3 Å². The summed E-state index contributed by atoms with van der Waals surface area (Å²) in [6.07, 6.45) is 2.46. The minimum Gasteiger partial charge on any atom is -0.497 e. The van der Waals surface area contributed by atoms with Gasteiger partial charge in [0.2, 0.25) is 0 Å². The molecule has 31 heavy (non-hydrogen) atoms. The fourth-order valence-corrected chi connectivity index (χ4v) is 3.59. The minimum atomic E-state index is 0.198. The minimum absolute atomic E-state index is 0.198. The van der Waals surface area contributed by atoms with Crippen LogP contribution >= 0.6 is 0 Å². The van der Waals surface area contributed by atoms with Crippen molar-refractivity contribution in [2.24, 2.45) is 0 Å². The van der Waals surface area contributed by atoms with Crippen molar-refractivity contribution in [2.45, 2.75) is 26.3 Å². The number of ether oxygens (including phenoxy) is 2. The maximum absolute atomic E-state index is 5.29. The summed E-state index contributed by atoms with van der Waals surface area (Å²) in [4.78, 5) is 13.9. The van der Waals surface area contributed by atoms with Gasteiger partial charge in [-0.25, -0.2) is 15.0 Å². The molecule has 0 bridgehead atoms. The number of rotatable bonds is 8. The molecule has 0 saturated heterocycles. The van der Waals surface area contributed by atoms with E-state index in [1.54, 1.807) is 20.5 Å². The molecule has 0 amide bonds. The molecule has 0 aliphatic rings. The van der Waals surface area contributed by atoms with E-state index in [0.717, 1.165) is 52.8 Å². The molecule has 4 rings (SSSR count). The summed E-state index contributed by atoms with van der Waals surface area (Å²) < 4.78 is 12.7. The molecule has 0 aliphatic heterocycles. The van der Waals surface area contributed by atoms with Gasteiger partial charge in [0.15, 0.2) is 17.0 Å². The molecule has 4 aromatic rings. The van der Waals surface area contributed by atoms with Crippen molar-refractivity contribution in [1.29, 1.82) is 0 Å². The molecule has 0 fully saturated rings. The molecule has 2 aromatic heterocycles. The maximum atomic E-state index is 5.29. The second kappa shape index (κ2) is 9.04. The topological polar surface area (TPSA) is 74.1 Å². The third-order valence-electron chi connectivity index (χ3n) is 5.21. The zero-order valence-electron chi connectivity index (χ0n) is 18.3. The van der Waals surface area contributed by atoms with Crippen LogP contribution in [0.25, 0.3) is 22.6 Å². The third-order valence-corrected chi connectivity index (χ3v) is 5.21. The van der Waals surface area contributed by atoms with Crippen molar-refractivity contribution in [3.63, 3.8) is 0 Å². The highest BCUT2D eigenvalue weighted by Crippen LogP contribution is 2.30. The zero-order chi connectivity index (χ0) is 21.8. The smallest absolute Gasteiger partial charge is 0.166 e. The first-order chi connectivity index (χ1) is 15.1. The zero-order valence-corrected chi connectivity index (χ0v) is 18.3. The van der Waals surface area contributed by atoms with Gasteiger partial charge >= 0.3 is 0 Å². The van der Waals surface area contributed by atoms with Crippen molar-refractivity contribution < 1.29 is 9.47 Å². The third kappa shape index (κ3) is 4.30. The molecule has 7 nitrogen and oxygen atoms in total. The van der Waals surface area contributed by atoms with Gasteiger partial charge in [0.1, 0.15) is 23.7 Å². The highest BCUT2D eigenvalue weighted by atomic mass is 16.5. The Balaban J connectivity index is 1.62. The van der Waals surface area contributed by atoms with Gasteiger partial charge < -0.3 is 19.4 Å². The number of benzene rings is 2. The second-order valence-electron chi connectivity index (χ2n) is 7.55. The van der Waals surface area contributed by atoms with Crippen molar-refractivity contribution in [3.8, 4) is 22.9 Å². The van der Waals surface area contributed by atoms with E-state index in [2.05, 4.69) is 45.8 Å². The van der Waals surface area contributed by atoms with Gasteiger partial charge in [-0.1, -0.05) is 12.1 Å². The average Bonchev–Trinajstić information content (AvgIpc) is 3.20. The van der Waals surface area contributed by atoms with Gasteiger partial charge in [-0.2, -0.15) is 0 Å². The first-order valence-electron chi connectivity index (χ1n) is 10.3. The van der Waals surface area contributed by atoms with Crippen LogP contribution in [0.1, 0.15) is 25.5 Å². The molecule has 7 heteroatoms. The summed E-state index contributed by atoms with van der Waals surface area (Å²) in [6.45, 7) is 5.00. The van der Waals surface area contributed by atoms with E-state index in [9.17, 15) is 0 Å². The van der Waals surface area contributed by atoms with Crippen LogP contribution in [-0.2, 0) is 6.42 Å². The normalized spacial score (nSPS) is 11.1. The Hall–Kier alpha value is -3.61. The average molecular weight is 418 g/mol. The number of methoxy groups -OCH3 is 2. The fourth-order valence-electron chi connectivity index (χ4n) is 3.59. The molecule has 0 unspecified atom stereocenters. The van der Waals surface area contributed by atoms with Gasteiger partial charge in [-0.15, -0.1) is 0 Å². The molecule has 2 aromatic carbocycles. The van der Waals surface area contributed by atoms with E-state index in [1.807, 2.05) is 36.4 Å². The second-order valence-corrected chi connectivity index (χ2v) is 7.55. The Bertz CT molecular complexity index is 1150. The van der Waals surface area contributed by atoms with Gasteiger partial charge in [0.25, 0.3) is 0 Å². The molecular weight excluding hydrogens is 390 g/mol. The molecule has 0 atom stereocenters. The molecule has 2 heterocycles. The predicted molar refractivity (Wildman–Crippen MR) is 123 cm³/mol. The van der Waals surface area contributed by atoms with Crippen molar-refractivity contribution in [1.82, 2.24) is 19.5 Å². The lowest BCUT2D eigenvalue weighted by Crippen LogP contribution is -2.08. The molecule has 160 valence electrons. The Morgan fingerprint density at radius 3 is 2.16 bits per heavy atom. The standard InChI is InChI=1S/C24H27N5O2/c1-16(2)29-23(18-7-11-20(31-4)12-8-18)28-21-22(26-15-27-24(21)29)25-14-13-17-5-9-19(30-3)10-6-17/h5-12,15-16H,13-14H2,1-4H3,(H,25,26,27). The SMILES string of the molecule is COc1ccc(CCNc2ncnc3c2nc(-c2ccc(OC)cc2)n3C(C)C)cc1. The van der Waals surface area contributed by atoms with Crippen LogP contribution in [0.5, 0.6) is 11.5 Å². The monoisotopic (exact) mass is 417 g/mol. The number of hydrogen-bond acceptors (Lipinski definition) is 6. The Morgan fingerprint density at radius 1 is 0.903 bits per heavy atom. The number of nitrogens with one attached hydrogen (secondary N) is 1. The van der Waals surface area contributed by atoms with E-state index in [1.165, 1.54) is 5.56 Å². The lowest BCUT2D eigenvalue weighted by atomic mass is 10.1. The largest absolute Gasteiger partial charge is 0.497 e. The molecule has 0 spiro atoms. The lowest BCUT2D eigenvalue weighted by molar-refractivity contribution is 0.414. The lowest BCUT2D eigenvalue weighted by Gasteiger charge is -2.12. The van der Waals surface area contributed by atoms with Crippen LogP contribution in [0.4, 0.5) is 5.82 Å². The Labute approximate surface area is 182 Å². The molecule has 0 radical (unpaired) electrons. The van der Waals surface area contributed by atoms with Gasteiger partial charge in [0, 0.05) is 18.2 Å².